The molecule has 3 aromatic rings. The van der Waals surface area contributed by atoms with Crippen LogP contribution < -0.4 is 15.2 Å². The number of methoxy groups -OCH3 is 1. The first-order valence-electron chi connectivity index (χ1n) is 9.90. The SMILES string of the molecule is COc1ccccc1N1CCN(C(=O)CC2CSc3nc4[nH]ncc4c(=O)n32)CC1. The lowest BCUT2D eigenvalue weighted by Crippen LogP contribution is -2.49. The number of ether oxygens (including phenoxy) is 1. The number of thioether (sulfide) groups is 1. The Kier molecular flexibility index (Phi) is 4.86. The first-order chi connectivity index (χ1) is 14.7. The molecule has 1 atom stereocenters. The summed E-state index contributed by atoms with van der Waals surface area (Å²) in [4.78, 5) is 34.4. The highest BCUT2D eigenvalue weighted by molar-refractivity contribution is 7.99. The number of anilines is 1. The third-order valence-corrected chi connectivity index (χ3v) is 6.82. The van der Waals surface area contributed by atoms with E-state index in [0.29, 0.717) is 41.5 Å². The van der Waals surface area contributed by atoms with Crippen molar-refractivity contribution >= 4 is 34.4 Å². The van der Waals surface area contributed by atoms with Gasteiger partial charge in [-0.3, -0.25) is 19.3 Å². The summed E-state index contributed by atoms with van der Waals surface area (Å²) >= 11 is 1.51. The lowest BCUT2D eigenvalue weighted by atomic mass is 10.1. The monoisotopic (exact) mass is 426 g/mol. The lowest BCUT2D eigenvalue weighted by Gasteiger charge is -2.37. The Labute approximate surface area is 177 Å². The number of hydrogen-bond donors (Lipinski definition) is 1. The fourth-order valence-corrected chi connectivity index (χ4v) is 5.26. The molecule has 9 nitrogen and oxygen atoms in total. The number of benzene rings is 1. The first kappa shape index (κ1) is 19.0. The van der Waals surface area contributed by atoms with Crippen molar-refractivity contribution in [3.05, 3.63) is 40.8 Å². The number of para-hydroxylation sites is 2. The first-order valence-corrected chi connectivity index (χ1v) is 10.9. The Balaban J connectivity index is 1.27. The molecule has 5 rings (SSSR count). The number of hydrogen-bond acceptors (Lipinski definition) is 7. The maximum absolute atomic E-state index is 13.0. The summed E-state index contributed by atoms with van der Waals surface area (Å²) in [6.07, 6.45) is 1.80. The van der Waals surface area contributed by atoms with Crippen molar-refractivity contribution in [1.29, 1.82) is 0 Å². The van der Waals surface area contributed by atoms with Gasteiger partial charge in [-0.2, -0.15) is 5.10 Å². The van der Waals surface area contributed by atoms with Gasteiger partial charge < -0.3 is 14.5 Å². The highest BCUT2D eigenvalue weighted by Crippen LogP contribution is 2.33. The number of carbonyl (C=O) groups is 1. The summed E-state index contributed by atoms with van der Waals surface area (Å²) in [7, 11) is 1.67. The molecule has 10 heteroatoms. The molecule has 0 aliphatic carbocycles. The molecule has 1 fully saturated rings. The quantitative estimate of drug-likeness (QED) is 0.632. The average molecular weight is 427 g/mol. The van der Waals surface area contributed by atoms with E-state index in [-0.39, 0.29) is 17.5 Å². The number of nitrogens with one attached hydrogen (secondary N) is 1. The van der Waals surface area contributed by atoms with Crippen LogP contribution in [-0.4, -0.2) is 69.6 Å². The highest BCUT2D eigenvalue weighted by Gasteiger charge is 2.31. The van der Waals surface area contributed by atoms with Crippen LogP contribution in [0.3, 0.4) is 0 Å². The van der Waals surface area contributed by atoms with E-state index in [4.69, 9.17) is 4.74 Å². The number of amides is 1. The molecule has 1 N–H and O–H groups in total. The highest BCUT2D eigenvalue weighted by atomic mass is 32.2. The summed E-state index contributed by atoms with van der Waals surface area (Å²) in [5.41, 5.74) is 1.42. The van der Waals surface area contributed by atoms with E-state index < -0.39 is 0 Å². The molecule has 30 heavy (non-hydrogen) atoms. The van der Waals surface area contributed by atoms with E-state index in [2.05, 4.69) is 20.1 Å². The molecule has 2 aliphatic heterocycles. The number of aromatic amines is 1. The standard InChI is InChI=1S/C20H22N6O3S/c1-29-16-5-3-2-4-15(16)24-6-8-25(9-7-24)17(27)10-13-12-30-20-22-18-14(11-21-23-18)19(28)26(13)20/h2-5,11,13H,6-10,12H2,1H3,(H,21,23). The summed E-state index contributed by atoms with van der Waals surface area (Å²) in [5.74, 6) is 1.59. The third kappa shape index (κ3) is 3.20. The van der Waals surface area contributed by atoms with Gasteiger partial charge in [0.25, 0.3) is 5.56 Å². The zero-order chi connectivity index (χ0) is 20.7. The van der Waals surface area contributed by atoms with Gasteiger partial charge in [0, 0.05) is 38.4 Å². The Morgan fingerprint density at radius 2 is 2.07 bits per heavy atom. The van der Waals surface area contributed by atoms with E-state index in [0.717, 1.165) is 24.5 Å². The van der Waals surface area contributed by atoms with E-state index >= 15 is 0 Å². The maximum Gasteiger partial charge on any atom is 0.265 e. The van der Waals surface area contributed by atoms with Gasteiger partial charge in [-0.1, -0.05) is 23.9 Å². The molecular weight excluding hydrogens is 404 g/mol. The van der Waals surface area contributed by atoms with Crippen LogP contribution in [0.15, 0.2) is 40.4 Å². The second kappa shape index (κ2) is 7.67. The Morgan fingerprint density at radius 3 is 2.87 bits per heavy atom. The topological polar surface area (TPSA) is 96.3 Å². The van der Waals surface area contributed by atoms with Gasteiger partial charge in [0.05, 0.1) is 25.0 Å². The van der Waals surface area contributed by atoms with Crippen LogP contribution in [0, 0.1) is 0 Å². The number of rotatable bonds is 4. The van der Waals surface area contributed by atoms with Gasteiger partial charge in [-0.15, -0.1) is 0 Å². The minimum Gasteiger partial charge on any atom is -0.495 e. The molecule has 2 aromatic heterocycles. The van der Waals surface area contributed by atoms with Crippen molar-refractivity contribution < 1.29 is 9.53 Å². The summed E-state index contributed by atoms with van der Waals surface area (Å²) in [6.45, 7) is 2.80. The molecule has 0 bridgehead atoms. The number of aromatic nitrogens is 4. The molecular formula is C20H22N6O3S. The van der Waals surface area contributed by atoms with E-state index in [1.807, 2.05) is 29.2 Å². The summed E-state index contributed by atoms with van der Waals surface area (Å²) in [6, 6.07) is 7.76. The smallest absolute Gasteiger partial charge is 0.265 e. The molecule has 0 spiro atoms. The van der Waals surface area contributed by atoms with Crippen molar-refractivity contribution in [3.63, 3.8) is 0 Å². The molecule has 4 heterocycles. The number of piperazine rings is 1. The van der Waals surface area contributed by atoms with Crippen molar-refractivity contribution in [2.45, 2.75) is 17.6 Å². The molecule has 0 saturated carbocycles. The number of H-pyrrole nitrogens is 1. The zero-order valence-electron chi connectivity index (χ0n) is 16.6. The van der Waals surface area contributed by atoms with Crippen LogP contribution in [0.5, 0.6) is 5.75 Å². The lowest BCUT2D eigenvalue weighted by molar-refractivity contribution is -0.132. The normalized spacial score (nSPS) is 18.6. The third-order valence-electron chi connectivity index (χ3n) is 5.72. The second-order valence-electron chi connectivity index (χ2n) is 7.41. The Morgan fingerprint density at radius 1 is 1.27 bits per heavy atom. The van der Waals surface area contributed by atoms with Gasteiger partial charge in [-0.25, -0.2) is 4.98 Å². The van der Waals surface area contributed by atoms with E-state index in [1.54, 1.807) is 11.7 Å². The van der Waals surface area contributed by atoms with Crippen molar-refractivity contribution in [3.8, 4) is 5.75 Å². The van der Waals surface area contributed by atoms with Crippen LogP contribution in [0.2, 0.25) is 0 Å². The van der Waals surface area contributed by atoms with Crippen molar-refractivity contribution in [1.82, 2.24) is 24.6 Å². The van der Waals surface area contributed by atoms with Gasteiger partial charge in [0.2, 0.25) is 5.91 Å². The van der Waals surface area contributed by atoms with Crippen molar-refractivity contribution in [2.24, 2.45) is 0 Å². The van der Waals surface area contributed by atoms with Gasteiger partial charge in [0.1, 0.15) is 11.1 Å². The minimum atomic E-state index is -0.177. The molecule has 1 unspecified atom stereocenters. The summed E-state index contributed by atoms with van der Waals surface area (Å²) in [5, 5.41) is 7.77. The molecule has 156 valence electrons. The van der Waals surface area contributed by atoms with Crippen LogP contribution in [-0.2, 0) is 4.79 Å². The van der Waals surface area contributed by atoms with E-state index in [1.165, 1.54) is 18.0 Å². The number of carbonyl (C=O) groups excluding carboxylic acids is 1. The van der Waals surface area contributed by atoms with Gasteiger partial charge >= 0.3 is 0 Å². The predicted molar refractivity (Wildman–Crippen MR) is 114 cm³/mol. The van der Waals surface area contributed by atoms with Crippen LogP contribution in [0.4, 0.5) is 5.69 Å². The number of nitrogens with zero attached hydrogens (tertiary/aromatic N) is 5. The van der Waals surface area contributed by atoms with E-state index in [9.17, 15) is 9.59 Å². The Bertz CT molecular complexity index is 1150. The number of fused-ring (bicyclic) bond motifs is 2. The molecule has 2 aliphatic rings. The van der Waals surface area contributed by atoms with Crippen LogP contribution >= 0.6 is 11.8 Å². The molecule has 0 radical (unpaired) electrons. The maximum atomic E-state index is 13.0. The van der Waals surface area contributed by atoms with Crippen LogP contribution in [0.1, 0.15) is 12.5 Å². The molecule has 1 amide bonds. The largest absolute Gasteiger partial charge is 0.495 e. The fourth-order valence-electron chi connectivity index (χ4n) is 4.12. The second-order valence-corrected chi connectivity index (χ2v) is 8.40. The molecule has 1 saturated heterocycles. The fraction of sp³-hybridized carbons (Fsp3) is 0.400. The minimum absolute atomic E-state index is 0.0762. The average Bonchev–Trinajstić information content (AvgIpc) is 3.41. The summed E-state index contributed by atoms with van der Waals surface area (Å²) < 4.78 is 7.12. The van der Waals surface area contributed by atoms with Gasteiger partial charge in [-0.05, 0) is 12.1 Å². The van der Waals surface area contributed by atoms with Crippen LogP contribution in [0.25, 0.3) is 11.0 Å². The zero-order valence-corrected chi connectivity index (χ0v) is 17.4. The Hall–Kier alpha value is -3.01. The van der Waals surface area contributed by atoms with Gasteiger partial charge in [0.15, 0.2) is 10.8 Å². The predicted octanol–water partition coefficient (Wildman–Crippen LogP) is 1.51. The molecule has 1 aromatic carbocycles. The van der Waals surface area contributed by atoms with Crippen molar-refractivity contribution in [2.75, 3.05) is 43.9 Å².